The normalized spacial score (nSPS) is 12.4. The van der Waals surface area contributed by atoms with E-state index in [2.05, 4.69) is 43.5 Å². The molecule has 0 amide bonds. The molecule has 148 valence electrons. The van der Waals surface area contributed by atoms with E-state index < -0.39 is 0 Å². The van der Waals surface area contributed by atoms with Crippen LogP contribution >= 0.6 is 0 Å². The van der Waals surface area contributed by atoms with E-state index in [1.807, 2.05) is 36.4 Å². The van der Waals surface area contributed by atoms with Gasteiger partial charge in [-0.25, -0.2) is 0 Å². The Labute approximate surface area is 168 Å². The van der Waals surface area contributed by atoms with Crippen molar-refractivity contribution >= 4 is 16.7 Å². The molecule has 0 fully saturated rings. The lowest BCUT2D eigenvalue weighted by Crippen LogP contribution is -2.18. The highest BCUT2D eigenvalue weighted by atomic mass is 16.5. The highest BCUT2D eigenvalue weighted by molar-refractivity contribution is 6.17. The van der Waals surface area contributed by atoms with E-state index in [1.54, 1.807) is 0 Å². The molecule has 0 spiro atoms. The van der Waals surface area contributed by atoms with Crippen LogP contribution in [0.15, 0.2) is 54.6 Å². The van der Waals surface area contributed by atoms with Gasteiger partial charge in [-0.3, -0.25) is 4.79 Å². The molecule has 0 saturated heterocycles. The van der Waals surface area contributed by atoms with Crippen molar-refractivity contribution in [3.63, 3.8) is 0 Å². The number of hydrogen-bond donors (Lipinski definition) is 0. The Balaban J connectivity index is 2.05. The van der Waals surface area contributed by atoms with E-state index in [4.69, 9.17) is 4.74 Å². The fourth-order valence-electron chi connectivity index (χ4n) is 3.97. The fraction of sp³-hybridized carbons (Fsp3) is 0.400. The summed E-state index contributed by atoms with van der Waals surface area (Å²) in [5.74, 6) is 0.0928. The fourth-order valence-corrected chi connectivity index (χ4v) is 3.97. The van der Waals surface area contributed by atoms with E-state index in [0.29, 0.717) is 6.61 Å². The maximum Gasteiger partial charge on any atom is 0.195 e. The third-order valence-corrected chi connectivity index (χ3v) is 5.36. The molecule has 28 heavy (non-hydrogen) atoms. The topological polar surface area (TPSA) is 31.2 Å². The van der Waals surface area contributed by atoms with Gasteiger partial charge in [0.05, 0.1) is 18.2 Å². The summed E-state index contributed by atoms with van der Waals surface area (Å²) in [6, 6.07) is 18.1. The molecule has 3 nitrogen and oxygen atoms in total. The van der Waals surface area contributed by atoms with Crippen LogP contribution in [0.5, 0.6) is 0 Å². The van der Waals surface area contributed by atoms with Crippen molar-refractivity contribution in [1.82, 2.24) is 4.57 Å². The molecule has 2 aromatic carbocycles. The second kappa shape index (κ2) is 9.70. The van der Waals surface area contributed by atoms with Gasteiger partial charge in [-0.1, -0.05) is 75.2 Å². The number of fused-ring (bicyclic) bond motifs is 1. The summed E-state index contributed by atoms with van der Waals surface area (Å²) in [5, 5.41) is 1.03. The number of benzene rings is 2. The van der Waals surface area contributed by atoms with Crippen LogP contribution in [-0.4, -0.2) is 23.6 Å². The first kappa shape index (κ1) is 20.3. The Morgan fingerprint density at radius 3 is 2.43 bits per heavy atom. The first-order chi connectivity index (χ1) is 13.7. The minimum atomic E-state index is 0.0928. The standard InChI is InChI=1S/C25H31NO2/c1-4-6-17-28-18-21(12-5-2)26-19(3)24(22-15-10-11-16-23(22)26)25(27)20-13-8-7-9-14-20/h7-11,13-16,21H,4-6,12,17-18H2,1-3H3. The highest BCUT2D eigenvalue weighted by Crippen LogP contribution is 2.32. The number of carbonyl (C=O) groups excluding carboxylic acids is 1. The summed E-state index contributed by atoms with van der Waals surface area (Å²) in [6.45, 7) is 7.94. The van der Waals surface area contributed by atoms with Crippen molar-refractivity contribution in [1.29, 1.82) is 0 Å². The number of para-hydroxylation sites is 1. The van der Waals surface area contributed by atoms with Gasteiger partial charge in [-0.05, 0) is 25.8 Å². The molecule has 3 heteroatoms. The Hall–Kier alpha value is -2.39. The molecule has 0 bridgehead atoms. The molecule has 3 rings (SSSR count). The summed E-state index contributed by atoms with van der Waals surface area (Å²) in [5.41, 5.74) is 3.71. The molecule has 0 aliphatic heterocycles. The predicted molar refractivity (Wildman–Crippen MR) is 116 cm³/mol. The minimum Gasteiger partial charge on any atom is -0.379 e. The van der Waals surface area contributed by atoms with Crippen molar-refractivity contribution in [3.05, 3.63) is 71.4 Å². The molecule has 1 heterocycles. The first-order valence-electron chi connectivity index (χ1n) is 10.5. The van der Waals surface area contributed by atoms with Gasteiger partial charge in [0.15, 0.2) is 5.78 Å². The lowest BCUT2D eigenvalue weighted by atomic mass is 10.0. The molecular weight excluding hydrogens is 346 g/mol. The van der Waals surface area contributed by atoms with Crippen LogP contribution in [0.1, 0.15) is 67.2 Å². The highest BCUT2D eigenvalue weighted by Gasteiger charge is 2.24. The van der Waals surface area contributed by atoms with Crippen molar-refractivity contribution in [2.45, 2.75) is 52.5 Å². The van der Waals surface area contributed by atoms with Crippen LogP contribution in [0, 0.1) is 6.92 Å². The quantitative estimate of drug-likeness (QED) is 0.305. The van der Waals surface area contributed by atoms with Crippen molar-refractivity contribution in [3.8, 4) is 0 Å². The van der Waals surface area contributed by atoms with Gasteiger partial charge in [0.1, 0.15) is 0 Å². The van der Waals surface area contributed by atoms with Gasteiger partial charge >= 0.3 is 0 Å². The number of aromatic nitrogens is 1. The molecule has 1 unspecified atom stereocenters. The molecule has 1 atom stereocenters. The molecule has 3 aromatic rings. The molecule has 0 aliphatic rings. The Bertz CT molecular complexity index is 911. The second-order valence-electron chi connectivity index (χ2n) is 7.41. The van der Waals surface area contributed by atoms with Gasteiger partial charge in [-0.2, -0.15) is 0 Å². The van der Waals surface area contributed by atoms with Crippen LogP contribution in [0.25, 0.3) is 10.9 Å². The van der Waals surface area contributed by atoms with Crippen LogP contribution in [0.3, 0.4) is 0 Å². The zero-order valence-corrected chi connectivity index (χ0v) is 17.3. The molecule has 1 aromatic heterocycles. The number of rotatable bonds is 10. The number of ether oxygens (including phenoxy) is 1. The van der Waals surface area contributed by atoms with Gasteiger partial charge in [0, 0.05) is 28.8 Å². The predicted octanol–water partition coefficient (Wildman–Crippen LogP) is 6.34. The summed E-state index contributed by atoms with van der Waals surface area (Å²) in [7, 11) is 0. The third-order valence-electron chi connectivity index (χ3n) is 5.36. The van der Waals surface area contributed by atoms with E-state index >= 15 is 0 Å². The van der Waals surface area contributed by atoms with Crippen molar-refractivity contribution in [2.75, 3.05) is 13.2 Å². The second-order valence-corrected chi connectivity index (χ2v) is 7.41. The van der Waals surface area contributed by atoms with Crippen LogP contribution in [-0.2, 0) is 4.74 Å². The SMILES string of the molecule is CCCCOCC(CCC)n1c(C)c(C(=O)c2ccccc2)c2ccccc21. The average Bonchev–Trinajstić information content (AvgIpc) is 3.02. The number of unbranched alkanes of at least 4 members (excludes halogenated alkanes) is 1. The van der Waals surface area contributed by atoms with Crippen LogP contribution in [0.4, 0.5) is 0 Å². The molecule has 0 aliphatic carbocycles. The van der Waals surface area contributed by atoms with E-state index in [-0.39, 0.29) is 11.8 Å². The summed E-state index contributed by atoms with van der Waals surface area (Å²) >= 11 is 0. The largest absolute Gasteiger partial charge is 0.379 e. The summed E-state index contributed by atoms with van der Waals surface area (Å²) < 4.78 is 8.33. The van der Waals surface area contributed by atoms with Gasteiger partial charge in [0.2, 0.25) is 0 Å². The first-order valence-corrected chi connectivity index (χ1v) is 10.5. The number of carbonyl (C=O) groups is 1. The summed E-state index contributed by atoms with van der Waals surface area (Å²) in [4.78, 5) is 13.3. The lowest BCUT2D eigenvalue weighted by Gasteiger charge is -2.22. The van der Waals surface area contributed by atoms with Crippen molar-refractivity contribution in [2.24, 2.45) is 0 Å². The van der Waals surface area contributed by atoms with Crippen LogP contribution < -0.4 is 0 Å². The maximum absolute atomic E-state index is 13.3. The van der Waals surface area contributed by atoms with Crippen molar-refractivity contribution < 1.29 is 9.53 Å². The minimum absolute atomic E-state index is 0.0928. The zero-order chi connectivity index (χ0) is 19.9. The van der Waals surface area contributed by atoms with Gasteiger partial charge < -0.3 is 9.30 Å². The molecule has 0 radical (unpaired) electrons. The van der Waals surface area contributed by atoms with Crippen LogP contribution in [0.2, 0.25) is 0 Å². The lowest BCUT2D eigenvalue weighted by molar-refractivity contribution is 0.0970. The smallest absolute Gasteiger partial charge is 0.195 e. The zero-order valence-electron chi connectivity index (χ0n) is 17.3. The Morgan fingerprint density at radius 1 is 1.00 bits per heavy atom. The van der Waals surface area contributed by atoms with Gasteiger partial charge in [-0.15, -0.1) is 0 Å². The van der Waals surface area contributed by atoms with E-state index in [9.17, 15) is 4.79 Å². The van der Waals surface area contributed by atoms with E-state index in [1.165, 1.54) is 0 Å². The Morgan fingerprint density at radius 2 is 1.71 bits per heavy atom. The number of hydrogen-bond acceptors (Lipinski definition) is 2. The number of ketones is 1. The molecular formula is C25H31NO2. The average molecular weight is 378 g/mol. The Kier molecular flexibility index (Phi) is 7.05. The molecule has 0 saturated carbocycles. The third kappa shape index (κ3) is 4.20. The van der Waals surface area contributed by atoms with Gasteiger partial charge in [0.25, 0.3) is 0 Å². The molecule has 0 N–H and O–H groups in total. The summed E-state index contributed by atoms with van der Waals surface area (Å²) in [6.07, 6.45) is 4.34. The van der Waals surface area contributed by atoms with E-state index in [0.717, 1.165) is 60.0 Å². The monoisotopic (exact) mass is 377 g/mol. The maximum atomic E-state index is 13.3. The number of nitrogens with zero attached hydrogens (tertiary/aromatic N) is 1.